The minimum Gasteiger partial charge on any atom is -0.310 e. The lowest BCUT2D eigenvalue weighted by atomic mass is 10.1. The van der Waals surface area contributed by atoms with Crippen molar-refractivity contribution < 1.29 is 0 Å². The second-order valence-corrected chi connectivity index (χ2v) is 3.90. The van der Waals surface area contributed by atoms with Crippen molar-refractivity contribution in [2.75, 3.05) is 6.54 Å². The summed E-state index contributed by atoms with van der Waals surface area (Å²) < 4.78 is 0. The Labute approximate surface area is 83.3 Å². The molecular weight excluding hydrogens is 184 g/mol. The summed E-state index contributed by atoms with van der Waals surface area (Å²) in [7, 11) is 0. The summed E-state index contributed by atoms with van der Waals surface area (Å²) in [5.74, 6) is 0. The topological polar surface area (TPSA) is 24.9 Å². The molecule has 3 heteroatoms. The number of aryl methyl sites for hydroxylation is 1. The number of aromatic nitrogens is 1. The smallest absolute Gasteiger partial charge is 0.133 e. The largest absolute Gasteiger partial charge is 0.310 e. The van der Waals surface area contributed by atoms with Crippen molar-refractivity contribution in [1.29, 1.82) is 0 Å². The van der Waals surface area contributed by atoms with Crippen molar-refractivity contribution in [1.82, 2.24) is 10.3 Å². The summed E-state index contributed by atoms with van der Waals surface area (Å²) >= 11 is 6.03. The number of hydrogen-bond donors (Lipinski definition) is 1. The third-order valence-electron chi connectivity index (χ3n) is 2.44. The first-order valence-electron chi connectivity index (χ1n) is 4.63. The molecule has 2 heterocycles. The van der Waals surface area contributed by atoms with Gasteiger partial charge >= 0.3 is 0 Å². The van der Waals surface area contributed by atoms with Gasteiger partial charge in [-0.1, -0.05) is 11.6 Å². The van der Waals surface area contributed by atoms with E-state index in [1.807, 2.05) is 6.92 Å². The van der Waals surface area contributed by atoms with E-state index in [2.05, 4.69) is 16.4 Å². The Morgan fingerprint density at radius 1 is 1.62 bits per heavy atom. The number of pyridine rings is 1. The Hall–Kier alpha value is -0.600. The molecule has 0 aromatic carbocycles. The van der Waals surface area contributed by atoms with Crippen LogP contribution in [0.15, 0.2) is 12.3 Å². The van der Waals surface area contributed by atoms with Crippen LogP contribution in [-0.2, 0) is 0 Å². The van der Waals surface area contributed by atoms with E-state index in [-0.39, 0.29) is 0 Å². The van der Waals surface area contributed by atoms with Crippen LogP contribution in [-0.4, -0.2) is 11.5 Å². The molecule has 1 saturated heterocycles. The highest BCUT2D eigenvalue weighted by Gasteiger charge is 2.19. The summed E-state index contributed by atoms with van der Waals surface area (Å²) in [6.07, 6.45) is 4.21. The lowest BCUT2D eigenvalue weighted by Gasteiger charge is -2.12. The lowest BCUT2D eigenvalue weighted by Crippen LogP contribution is -2.13. The second-order valence-electron chi connectivity index (χ2n) is 3.54. The molecule has 0 amide bonds. The van der Waals surface area contributed by atoms with Crippen LogP contribution in [0.25, 0.3) is 0 Å². The van der Waals surface area contributed by atoms with Crippen molar-refractivity contribution in [2.45, 2.75) is 25.8 Å². The van der Waals surface area contributed by atoms with E-state index in [9.17, 15) is 0 Å². The molecule has 0 radical (unpaired) electrons. The molecule has 1 aromatic rings. The Morgan fingerprint density at radius 3 is 3.15 bits per heavy atom. The maximum Gasteiger partial charge on any atom is 0.133 e. The molecule has 0 unspecified atom stereocenters. The molecule has 0 spiro atoms. The summed E-state index contributed by atoms with van der Waals surface area (Å²) in [6.45, 7) is 3.14. The van der Waals surface area contributed by atoms with E-state index < -0.39 is 0 Å². The standard InChI is InChI=1S/C10H13ClN2/c1-7-5-8(10(11)13-6-7)9-3-2-4-12-9/h5-6,9,12H,2-4H2,1H3/t9-/m0/s1. The van der Waals surface area contributed by atoms with Crippen molar-refractivity contribution in [3.8, 4) is 0 Å². The van der Waals surface area contributed by atoms with Crippen LogP contribution in [0.1, 0.15) is 30.0 Å². The fraction of sp³-hybridized carbons (Fsp3) is 0.500. The molecule has 1 aliphatic rings. The summed E-state index contributed by atoms with van der Waals surface area (Å²) in [6, 6.07) is 2.54. The number of hydrogen-bond acceptors (Lipinski definition) is 2. The molecule has 1 N–H and O–H groups in total. The predicted molar refractivity (Wildman–Crippen MR) is 54.0 cm³/mol. The average molecular weight is 197 g/mol. The van der Waals surface area contributed by atoms with Gasteiger partial charge in [0.05, 0.1) is 0 Å². The van der Waals surface area contributed by atoms with Crippen molar-refractivity contribution in [2.24, 2.45) is 0 Å². The Kier molecular flexibility index (Phi) is 2.51. The first kappa shape index (κ1) is 8.97. The molecule has 0 aliphatic carbocycles. The van der Waals surface area contributed by atoms with Gasteiger partial charge in [0.15, 0.2) is 0 Å². The lowest BCUT2D eigenvalue weighted by molar-refractivity contribution is 0.644. The van der Waals surface area contributed by atoms with Crippen LogP contribution in [0.2, 0.25) is 5.15 Å². The molecular formula is C10H13ClN2. The molecule has 0 saturated carbocycles. The van der Waals surface area contributed by atoms with E-state index in [1.54, 1.807) is 6.20 Å². The first-order chi connectivity index (χ1) is 6.27. The average Bonchev–Trinajstić information content (AvgIpc) is 2.61. The molecule has 1 aliphatic heterocycles. The van der Waals surface area contributed by atoms with Gasteiger partial charge in [-0.15, -0.1) is 0 Å². The third-order valence-corrected chi connectivity index (χ3v) is 2.75. The Morgan fingerprint density at radius 2 is 2.46 bits per heavy atom. The fourth-order valence-electron chi connectivity index (χ4n) is 1.77. The molecule has 2 rings (SSSR count). The van der Waals surface area contributed by atoms with Crippen molar-refractivity contribution in [3.63, 3.8) is 0 Å². The summed E-state index contributed by atoms with van der Waals surface area (Å²) in [5.41, 5.74) is 2.33. The maximum absolute atomic E-state index is 6.03. The number of nitrogens with zero attached hydrogens (tertiary/aromatic N) is 1. The van der Waals surface area contributed by atoms with Crippen molar-refractivity contribution in [3.05, 3.63) is 28.5 Å². The highest BCUT2D eigenvalue weighted by atomic mass is 35.5. The maximum atomic E-state index is 6.03. The van der Waals surface area contributed by atoms with Gasteiger partial charge in [-0.25, -0.2) is 4.98 Å². The highest BCUT2D eigenvalue weighted by molar-refractivity contribution is 6.30. The normalized spacial score (nSPS) is 22.2. The Balaban J connectivity index is 2.32. The van der Waals surface area contributed by atoms with Crippen molar-refractivity contribution >= 4 is 11.6 Å². The molecule has 1 atom stereocenters. The van der Waals surface area contributed by atoms with E-state index in [0.717, 1.165) is 12.1 Å². The van der Waals surface area contributed by atoms with Gasteiger partial charge in [-0.05, 0) is 37.9 Å². The van der Waals surface area contributed by atoms with E-state index in [0.29, 0.717) is 11.2 Å². The van der Waals surface area contributed by atoms with E-state index in [4.69, 9.17) is 11.6 Å². The molecule has 2 nitrogen and oxygen atoms in total. The highest BCUT2D eigenvalue weighted by Crippen LogP contribution is 2.28. The van der Waals surface area contributed by atoms with Gasteiger partial charge in [-0.3, -0.25) is 0 Å². The third kappa shape index (κ3) is 1.84. The predicted octanol–water partition coefficient (Wildman–Crippen LogP) is 2.47. The van der Waals surface area contributed by atoms with E-state index >= 15 is 0 Å². The Bertz CT molecular complexity index is 306. The van der Waals surface area contributed by atoms with Crippen LogP contribution in [0.5, 0.6) is 0 Å². The zero-order valence-electron chi connectivity index (χ0n) is 7.68. The summed E-state index contributed by atoms with van der Waals surface area (Å²) in [5, 5.41) is 4.06. The van der Waals surface area contributed by atoms with Crippen LogP contribution >= 0.6 is 11.6 Å². The molecule has 0 bridgehead atoms. The minimum atomic E-state index is 0.417. The van der Waals surface area contributed by atoms with Gasteiger partial charge < -0.3 is 5.32 Å². The summed E-state index contributed by atoms with van der Waals surface area (Å²) in [4.78, 5) is 4.15. The zero-order chi connectivity index (χ0) is 9.26. The van der Waals surface area contributed by atoms with Gasteiger partial charge in [0.1, 0.15) is 5.15 Å². The van der Waals surface area contributed by atoms with Gasteiger partial charge in [0.2, 0.25) is 0 Å². The van der Waals surface area contributed by atoms with Gasteiger partial charge in [0.25, 0.3) is 0 Å². The molecule has 13 heavy (non-hydrogen) atoms. The molecule has 1 fully saturated rings. The molecule has 1 aromatic heterocycles. The second kappa shape index (κ2) is 3.64. The van der Waals surface area contributed by atoms with Gasteiger partial charge in [-0.2, -0.15) is 0 Å². The number of rotatable bonds is 1. The molecule has 70 valence electrons. The number of nitrogens with one attached hydrogen (secondary N) is 1. The van der Waals surface area contributed by atoms with E-state index in [1.165, 1.54) is 18.4 Å². The SMILES string of the molecule is Cc1cnc(Cl)c([C@@H]2CCCN2)c1. The quantitative estimate of drug-likeness (QED) is 0.699. The number of halogens is 1. The first-order valence-corrected chi connectivity index (χ1v) is 5.00. The van der Waals surface area contributed by atoms with Gasteiger partial charge in [0, 0.05) is 17.8 Å². The zero-order valence-corrected chi connectivity index (χ0v) is 8.43. The van der Waals surface area contributed by atoms with Crippen LogP contribution < -0.4 is 5.32 Å². The van der Waals surface area contributed by atoms with Crippen LogP contribution in [0.4, 0.5) is 0 Å². The van der Waals surface area contributed by atoms with Crippen LogP contribution in [0.3, 0.4) is 0 Å². The monoisotopic (exact) mass is 196 g/mol. The van der Waals surface area contributed by atoms with Crippen LogP contribution in [0, 0.1) is 6.92 Å². The minimum absolute atomic E-state index is 0.417. The fourth-order valence-corrected chi connectivity index (χ4v) is 2.00.